The lowest BCUT2D eigenvalue weighted by Gasteiger charge is -2.04. The van der Waals surface area contributed by atoms with Gasteiger partial charge in [0.2, 0.25) is 5.82 Å². The summed E-state index contributed by atoms with van der Waals surface area (Å²) >= 11 is 1.27. The van der Waals surface area contributed by atoms with E-state index in [9.17, 15) is 14.5 Å². The molecule has 0 amide bonds. The number of thioether (sulfide) groups is 1. The third kappa shape index (κ3) is 3.32. The second-order valence-corrected chi connectivity index (χ2v) is 5.14. The highest BCUT2D eigenvalue weighted by atomic mass is 32.2. The SMILES string of the molecule is Cc1cccc(CSc2cccc(F)c2[N+](=O)[O-])c1. The molecule has 0 aliphatic heterocycles. The molecule has 0 spiro atoms. The summed E-state index contributed by atoms with van der Waals surface area (Å²) in [6, 6.07) is 12.0. The Balaban J connectivity index is 2.20. The predicted molar refractivity (Wildman–Crippen MR) is 73.8 cm³/mol. The van der Waals surface area contributed by atoms with Crippen molar-refractivity contribution in [1.29, 1.82) is 0 Å². The first kappa shape index (κ1) is 13.5. The van der Waals surface area contributed by atoms with Gasteiger partial charge in [-0.3, -0.25) is 10.1 Å². The molecule has 98 valence electrons. The van der Waals surface area contributed by atoms with E-state index in [1.807, 2.05) is 31.2 Å². The molecular weight excluding hydrogens is 265 g/mol. The summed E-state index contributed by atoms with van der Waals surface area (Å²) < 4.78 is 13.4. The van der Waals surface area contributed by atoms with Crippen molar-refractivity contribution in [2.24, 2.45) is 0 Å². The molecule has 2 rings (SSSR count). The molecule has 0 saturated carbocycles. The first-order valence-electron chi connectivity index (χ1n) is 5.69. The van der Waals surface area contributed by atoms with E-state index in [0.29, 0.717) is 10.6 Å². The molecule has 19 heavy (non-hydrogen) atoms. The number of halogens is 1. The van der Waals surface area contributed by atoms with E-state index in [2.05, 4.69) is 0 Å². The molecular formula is C14H12FNO2S. The molecule has 0 atom stereocenters. The van der Waals surface area contributed by atoms with Gasteiger partial charge in [-0.15, -0.1) is 11.8 Å². The fourth-order valence-electron chi connectivity index (χ4n) is 1.75. The van der Waals surface area contributed by atoms with Crippen molar-refractivity contribution in [3.63, 3.8) is 0 Å². The fraction of sp³-hybridized carbons (Fsp3) is 0.143. The molecule has 0 fully saturated rings. The van der Waals surface area contributed by atoms with Crippen molar-refractivity contribution >= 4 is 17.4 Å². The summed E-state index contributed by atoms with van der Waals surface area (Å²) in [5.41, 5.74) is 1.75. The fourth-order valence-corrected chi connectivity index (χ4v) is 2.74. The summed E-state index contributed by atoms with van der Waals surface area (Å²) in [7, 11) is 0. The van der Waals surface area contributed by atoms with Crippen LogP contribution < -0.4 is 0 Å². The molecule has 0 aliphatic rings. The van der Waals surface area contributed by atoms with Gasteiger partial charge in [0, 0.05) is 5.75 Å². The minimum absolute atomic E-state index is 0.353. The van der Waals surface area contributed by atoms with Crippen LogP contribution in [0.5, 0.6) is 0 Å². The topological polar surface area (TPSA) is 43.1 Å². The number of nitro groups is 1. The van der Waals surface area contributed by atoms with Crippen LogP contribution >= 0.6 is 11.8 Å². The van der Waals surface area contributed by atoms with E-state index in [4.69, 9.17) is 0 Å². The second kappa shape index (κ2) is 5.84. The maximum absolute atomic E-state index is 13.4. The largest absolute Gasteiger partial charge is 0.318 e. The van der Waals surface area contributed by atoms with Gasteiger partial charge in [0.15, 0.2) is 0 Å². The van der Waals surface area contributed by atoms with Crippen molar-refractivity contribution < 1.29 is 9.31 Å². The van der Waals surface area contributed by atoms with Crippen LogP contribution in [0.1, 0.15) is 11.1 Å². The lowest BCUT2D eigenvalue weighted by Crippen LogP contribution is -1.95. The van der Waals surface area contributed by atoms with Gasteiger partial charge in [-0.2, -0.15) is 4.39 Å². The first-order chi connectivity index (χ1) is 9.08. The highest BCUT2D eigenvalue weighted by Crippen LogP contribution is 2.33. The third-order valence-electron chi connectivity index (χ3n) is 2.61. The molecule has 2 aromatic rings. The van der Waals surface area contributed by atoms with Crippen LogP contribution in [0, 0.1) is 22.9 Å². The van der Waals surface area contributed by atoms with Crippen LogP contribution in [-0.4, -0.2) is 4.92 Å². The molecule has 0 aromatic heterocycles. The van der Waals surface area contributed by atoms with Crippen molar-refractivity contribution in [2.45, 2.75) is 17.6 Å². The molecule has 0 radical (unpaired) electrons. The molecule has 0 saturated heterocycles. The Morgan fingerprint density at radius 2 is 2.00 bits per heavy atom. The number of hydrogen-bond donors (Lipinski definition) is 0. The second-order valence-electron chi connectivity index (χ2n) is 4.12. The van der Waals surface area contributed by atoms with Gasteiger partial charge in [-0.05, 0) is 24.6 Å². The van der Waals surface area contributed by atoms with Crippen LogP contribution in [0.4, 0.5) is 10.1 Å². The molecule has 0 aliphatic carbocycles. The lowest BCUT2D eigenvalue weighted by atomic mass is 10.2. The summed E-state index contributed by atoms with van der Waals surface area (Å²) in [5.74, 6) is -0.217. The number of aryl methyl sites for hydroxylation is 1. The molecule has 0 N–H and O–H groups in total. The highest BCUT2D eigenvalue weighted by Gasteiger charge is 2.19. The van der Waals surface area contributed by atoms with Crippen molar-refractivity contribution in [2.75, 3.05) is 0 Å². The van der Waals surface area contributed by atoms with Crippen LogP contribution in [-0.2, 0) is 5.75 Å². The van der Waals surface area contributed by atoms with E-state index in [1.54, 1.807) is 6.07 Å². The lowest BCUT2D eigenvalue weighted by molar-refractivity contribution is -0.390. The van der Waals surface area contributed by atoms with Crippen LogP contribution in [0.15, 0.2) is 47.4 Å². The molecule has 5 heteroatoms. The maximum atomic E-state index is 13.4. The Morgan fingerprint density at radius 3 is 2.68 bits per heavy atom. The molecule has 3 nitrogen and oxygen atoms in total. The Hall–Kier alpha value is -1.88. The Morgan fingerprint density at radius 1 is 1.26 bits per heavy atom. The standard InChI is InChI=1S/C14H12FNO2S/c1-10-4-2-5-11(8-10)9-19-13-7-3-6-12(15)14(13)16(17)18/h2-8H,9H2,1H3. The number of nitro benzene ring substituents is 1. The van der Waals surface area contributed by atoms with Gasteiger partial charge < -0.3 is 0 Å². The van der Waals surface area contributed by atoms with E-state index < -0.39 is 16.4 Å². The monoisotopic (exact) mass is 277 g/mol. The zero-order valence-electron chi connectivity index (χ0n) is 10.3. The molecule has 2 aromatic carbocycles. The van der Waals surface area contributed by atoms with Crippen LogP contribution in [0.3, 0.4) is 0 Å². The Labute approximate surface area is 114 Å². The van der Waals surface area contributed by atoms with Crippen molar-refractivity contribution in [3.8, 4) is 0 Å². The summed E-state index contributed by atoms with van der Waals surface area (Å²) in [5, 5.41) is 10.9. The molecule has 0 heterocycles. The summed E-state index contributed by atoms with van der Waals surface area (Å²) in [6.45, 7) is 1.98. The zero-order valence-corrected chi connectivity index (χ0v) is 11.1. The van der Waals surface area contributed by atoms with Gasteiger partial charge in [0.05, 0.1) is 9.82 Å². The van der Waals surface area contributed by atoms with Crippen LogP contribution in [0.2, 0.25) is 0 Å². The van der Waals surface area contributed by atoms with Gasteiger partial charge in [-0.25, -0.2) is 0 Å². The molecule has 0 bridgehead atoms. The zero-order chi connectivity index (χ0) is 13.8. The van der Waals surface area contributed by atoms with E-state index >= 15 is 0 Å². The number of rotatable bonds is 4. The minimum Gasteiger partial charge on any atom is -0.258 e. The van der Waals surface area contributed by atoms with Gasteiger partial charge in [-0.1, -0.05) is 35.9 Å². The van der Waals surface area contributed by atoms with Gasteiger partial charge >= 0.3 is 5.69 Å². The average molecular weight is 277 g/mol. The van der Waals surface area contributed by atoms with Gasteiger partial charge in [0.25, 0.3) is 0 Å². The Kier molecular flexibility index (Phi) is 4.16. The van der Waals surface area contributed by atoms with Crippen molar-refractivity contribution in [1.82, 2.24) is 0 Å². The number of benzene rings is 2. The predicted octanol–water partition coefficient (Wildman–Crippen LogP) is 4.33. The summed E-state index contributed by atoms with van der Waals surface area (Å²) in [6.07, 6.45) is 0. The van der Waals surface area contributed by atoms with E-state index in [0.717, 1.165) is 17.2 Å². The quantitative estimate of drug-likeness (QED) is 0.474. The maximum Gasteiger partial charge on any atom is 0.318 e. The molecule has 0 unspecified atom stereocenters. The average Bonchev–Trinajstić information content (AvgIpc) is 2.36. The smallest absolute Gasteiger partial charge is 0.258 e. The van der Waals surface area contributed by atoms with E-state index in [1.165, 1.54) is 17.8 Å². The minimum atomic E-state index is -0.792. The van der Waals surface area contributed by atoms with Crippen LogP contribution in [0.25, 0.3) is 0 Å². The summed E-state index contributed by atoms with van der Waals surface area (Å²) in [4.78, 5) is 10.5. The first-order valence-corrected chi connectivity index (χ1v) is 6.68. The van der Waals surface area contributed by atoms with Gasteiger partial charge in [0.1, 0.15) is 0 Å². The third-order valence-corrected chi connectivity index (χ3v) is 3.73. The number of para-hydroxylation sites is 1. The number of hydrogen-bond acceptors (Lipinski definition) is 3. The van der Waals surface area contributed by atoms with Crippen molar-refractivity contribution in [3.05, 3.63) is 69.5 Å². The van der Waals surface area contributed by atoms with E-state index in [-0.39, 0.29) is 0 Å². The normalized spacial score (nSPS) is 10.4. The Bertz CT molecular complexity index is 616. The highest BCUT2D eigenvalue weighted by molar-refractivity contribution is 7.98. The number of nitrogens with zero attached hydrogens (tertiary/aromatic N) is 1.